The van der Waals surface area contributed by atoms with Gasteiger partial charge in [0.1, 0.15) is 0 Å². The Bertz CT molecular complexity index is 113. The summed E-state index contributed by atoms with van der Waals surface area (Å²) in [6, 6.07) is 0. The van der Waals surface area contributed by atoms with Gasteiger partial charge in [0.15, 0.2) is 0 Å². The fraction of sp³-hybridized carbons (Fsp3) is 1.00. The van der Waals surface area contributed by atoms with Crippen LogP contribution in [0.4, 0.5) is 0 Å². The van der Waals surface area contributed by atoms with E-state index in [0.29, 0.717) is 0 Å². The van der Waals surface area contributed by atoms with Gasteiger partial charge in [-0.15, -0.1) is 0 Å². The Morgan fingerprint density at radius 3 is 1.23 bits per heavy atom. The van der Waals surface area contributed by atoms with Gasteiger partial charge in [-0.2, -0.15) is 7.82 Å². The van der Waals surface area contributed by atoms with Gasteiger partial charge >= 0.3 is 88.7 Å². The molecule has 0 unspecified atom stereocenters. The first-order chi connectivity index (χ1) is 4.50. The van der Waals surface area contributed by atoms with Crippen LogP contribution in [0.3, 0.4) is 0 Å². The SMILES string of the molecule is C1CCNC1.O=P([O-])([O-])[O-].[Na+].[Na+].[Na+]. The van der Waals surface area contributed by atoms with Gasteiger partial charge in [0, 0.05) is 0 Å². The molecular formula is C4H9NNa3O4P. The third kappa shape index (κ3) is 39.5. The van der Waals surface area contributed by atoms with Crippen molar-refractivity contribution in [1.29, 1.82) is 0 Å². The quantitative estimate of drug-likeness (QED) is 0.332. The van der Waals surface area contributed by atoms with Crippen molar-refractivity contribution >= 4 is 7.82 Å². The topological polar surface area (TPSA) is 98.3 Å². The molecule has 9 heteroatoms. The third-order valence-electron chi connectivity index (χ3n) is 0.957. The summed E-state index contributed by atoms with van der Waals surface area (Å²) in [7, 11) is -5.39. The molecule has 1 saturated heterocycles. The van der Waals surface area contributed by atoms with Crippen molar-refractivity contribution in [1.82, 2.24) is 5.32 Å². The van der Waals surface area contributed by atoms with Crippen LogP contribution in [0.2, 0.25) is 0 Å². The van der Waals surface area contributed by atoms with Crippen molar-refractivity contribution in [3.8, 4) is 0 Å². The van der Waals surface area contributed by atoms with Gasteiger partial charge in [0.05, 0.1) is 0 Å². The molecule has 0 radical (unpaired) electrons. The van der Waals surface area contributed by atoms with Crippen LogP contribution in [0.5, 0.6) is 0 Å². The molecule has 1 rings (SSSR count). The van der Waals surface area contributed by atoms with E-state index < -0.39 is 7.82 Å². The molecule has 62 valence electrons. The minimum atomic E-state index is -5.39. The molecule has 1 aliphatic rings. The molecule has 1 aliphatic heterocycles. The van der Waals surface area contributed by atoms with Crippen LogP contribution in [0.15, 0.2) is 0 Å². The van der Waals surface area contributed by atoms with Crippen LogP contribution in [0.1, 0.15) is 12.8 Å². The van der Waals surface area contributed by atoms with E-state index in [2.05, 4.69) is 5.32 Å². The Hall–Kier alpha value is 3.07. The number of hydrogen-bond donors (Lipinski definition) is 1. The summed E-state index contributed by atoms with van der Waals surface area (Å²) in [5.74, 6) is 0. The summed E-state index contributed by atoms with van der Waals surface area (Å²) in [4.78, 5) is 25.6. The van der Waals surface area contributed by atoms with E-state index >= 15 is 0 Å². The summed E-state index contributed by atoms with van der Waals surface area (Å²) >= 11 is 0. The van der Waals surface area contributed by atoms with Crippen LogP contribution < -0.4 is 109 Å². The fourth-order valence-corrected chi connectivity index (χ4v) is 0.625. The molecule has 1 N–H and O–H groups in total. The smallest absolute Gasteiger partial charge is 0.822 e. The summed E-state index contributed by atoms with van der Waals surface area (Å²) in [5.41, 5.74) is 0. The van der Waals surface area contributed by atoms with Crippen molar-refractivity contribution in [2.24, 2.45) is 0 Å². The third-order valence-corrected chi connectivity index (χ3v) is 0.957. The molecule has 0 bridgehead atoms. The van der Waals surface area contributed by atoms with Crippen molar-refractivity contribution < 1.29 is 108 Å². The van der Waals surface area contributed by atoms with Gasteiger partial charge in [-0.25, -0.2) is 0 Å². The van der Waals surface area contributed by atoms with E-state index in [0.717, 1.165) is 0 Å². The molecule has 0 spiro atoms. The minimum absolute atomic E-state index is 0. The van der Waals surface area contributed by atoms with Crippen molar-refractivity contribution in [2.45, 2.75) is 12.8 Å². The van der Waals surface area contributed by atoms with Crippen molar-refractivity contribution in [3.63, 3.8) is 0 Å². The van der Waals surface area contributed by atoms with Crippen LogP contribution in [0.25, 0.3) is 0 Å². The summed E-state index contributed by atoms with van der Waals surface area (Å²) in [6.45, 7) is 2.50. The van der Waals surface area contributed by atoms with Gasteiger partial charge in [-0.05, 0) is 25.9 Å². The predicted octanol–water partition coefficient (Wildman–Crippen LogP) is -11.4. The molecule has 0 amide bonds. The normalized spacial score (nSPS) is 13.8. The number of hydrogen-bond acceptors (Lipinski definition) is 5. The molecule has 5 nitrogen and oxygen atoms in total. The Kier molecular flexibility index (Phi) is 29.0. The largest absolute Gasteiger partial charge is 1.00 e. The second-order valence-corrected chi connectivity index (χ2v) is 2.80. The Morgan fingerprint density at radius 1 is 0.923 bits per heavy atom. The predicted molar refractivity (Wildman–Crippen MR) is 29.7 cm³/mol. The molecule has 0 atom stereocenters. The summed E-state index contributed by atoms with van der Waals surface area (Å²) < 4.78 is 8.55. The molecule has 0 aromatic carbocycles. The Labute approximate surface area is 145 Å². The zero-order valence-corrected chi connectivity index (χ0v) is 15.3. The van der Waals surface area contributed by atoms with Crippen LogP contribution in [-0.2, 0) is 4.57 Å². The van der Waals surface area contributed by atoms with Gasteiger partial charge in [-0.1, -0.05) is 0 Å². The maximum Gasteiger partial charge on any atom is 1.00 e. The molecule has 0 aromatic heterocycles. The maximum atomic E-state index is 8.55. The molecule has 1 fully saturated rings. The molecule has 0 aromatic rings. The standard InChI is InChI=1S/C4H9N.3Na.H3O4P/c1-2-4-5-3-1;;;;1-5(2,3)4/h5H,1-4H2;;;;(H3,1,2,3,4)/q;3*+1;/p-3. The minimum Gasteiger partial charge on any atom is -0.822 e. The summed E-state index contributed by atoms with van der Waals surface area (Å²) in [5, 5.41) is 3.22. The average Bonchev–Trinajstić information content (AvgIpc) is 2.07. The fourth-order valence-electron chi connectivity index (χ4n) is 0.625. The summed E-state index contributed by atoms with van der Waals surface area (Å²) in [6.07, 6.45) is 2.78. The monoisotopic (exact) mass is 235 g/mol. The first-order valence-corrected chi connectivity index (χ1v) is 4.40. The van der Waals surface area contributed by atoms with Crippen LogP contribution >= 0.6 is 7.82 Å². The molecule has 0 saturated carbocycles. The van der Waals surface area contributed by atoms with Crippen LogP contribution in [0, 0.1) is 0 Å². The van der Waals surface area contributed by atoms with Gasteiger partial charge in [0.2, 0.25) is 0 Å². The number of nitrogens with one attached hydrogen (secondary N) is 1. The zero-order valence-electron chi connectivity index (χ0n) is 8.41. The first kappa shape index (κ1) is 25.1. The van der Waals surface area contributed by atoms with Crippen LogP contribution in [-0.4, -0.2) is 13.1 Å². The number of rotatable bonds is 0. The average molecular weight is 235 g/mol. The molecule has 13 heavy (non-hydrogen) atoms. The van der Waals surface area contributed by atoms with E-state index in [9.17, 15) is 0 Å². The molecule has 0 aliphatic carbocycles. The first-order valence-electron chi connectivity index (χ1n) is 2.94. The van der Waals surface area contributed by atoms with Crippen molar-refractivity contribution in [2.75, 3.05) is 13.1 Å². The van der Waals surface area contributed by atoms with E-state index in [4.69, 9.17) is 19.2 Å². The van der Waals surface area contributed by atoms with Crippen molar-refractivity contribution in [3.05, 3.63) is 0 Å². The Balaban J connectivity index is -0.0000000506. The van der Waals surface area contributed by atoms with Gasteiger partial charge < -0.3 is 24.6 Å². The van der Waals surface area contributed by atoms with Gasteiger partial charge in [0.25, 0.3) is 0 Å². The number of phosphoric acid groups is 1. The van der Waals surface area contributed by atoms with E-state index in [1.165, 1.54) is 25.9 Å². The second-order valence-electron chi connectivity index (χ2n) is 1.90. The maximum absolute atomic E-state index is 8.55. The van der Waals surface area contributed by atoms with E-state index in [1.807, 2.05) is 0 Å². The molecule has 1 heterocycles. The second kappa shape index (κ2) is 15.1. The zero-order chi connectivity index (χ0) is 8.04. The van der Waals surface area contributed by atoms with E-state index in [-0.39, 0.29) is 88.7 Å². The molecular weight excluding hydrogens is 226 g/mol. The van der Waals surface area contributed by atoms with Gasteiger partial charge in [-0.3, -0.25) is 0 Å². The Morgan fingerprint density at radius 2 is 1.15 bits per heavy atom. The van der Waals surface area contributed by atoms with E-state index in [1.54, 1.807) is 0 Å².